The molecule has 12 heteroatoms. The van der Waals surface area contributed by atoms with Crippen LogP contribution in [-0.4, -0.2) is 34.1 Å². The Kier molecular flexibility index (Phi) is 6.95. The molecule has 2 rings (SSSR count). The maximum Gasteiger partial charge on any atom is 0.341 e. The van der Waals surface area contributed by atoms with Crippen molar-refractivity contribution >= 4 is 45.4 Å². The van der Waals surface area contributed by atoms with Gasteiger partial charge in [0.05, 0.1) is 38.5 Å². The Morgan fingerprint density at radius 1 is 1.07 bits per heavy atom. The first-order valence-corrected chi connectivity index (χ1v) is 9.51. The lowest BCUT2D eigenvalue weighted by molar-refractivity contribution is -0.394. The minimum absolute atomic E-state index is 0.00747. The normalized spacial score (nSPS) is 10.4. The number of ketones is 1. The molecule has 1 aromatic heterocycles. The molecule has 0 saturated heterocycles. The van der Waals surface area contributed by atoms with Crippen molar-refractivity contribution in [2.75, 3.05) is 11.9 Å². The fourth-order valence-corrected chi connectivity index (χ4v) is 3.79. The van der Waals surface area contributed by atoms with Crippen LogP contribution >= 0.6 is 11.3 Å². The summed E-state index contributed by atoms with van der Waals surface area (Å²) < 4.78 is 4.99. The second-order valence-electron chi connectivity index (χ2n) is 5.96. The van der Waals surface area contributed by atoms with Crippen molar-refractivity contribution < 1.29 is 29.0 Å². The summed E-state index contributed by atoms with van der Waals surface area (Å²) >= 11 is 0.867. The molecule has 0 radical (unpaired) electrons. The Labute approximate surface area is 174 Å². The number of nitro benzene ring substituents is 2. The van der Waals surface area contributed by atoms with E-state index >= 15 is 0 Å². The van der Waals surface area contributed by atoms with Gasteiger partial charge in [-0.2, -0.15) is 0 Å². The van der Waals surface area contributed by atoms with Crippen LogP contribution in [0, 0.1) is 27.2 Å². The molecule has 0 atom stereocenters. The molecule has 0 aliphatic carbocycles. The molecular formula is C18H17N3O8S. The van der Waals surface area contributed by atoms with Crippen molar-refractivity contribution in [1.29, 1.82) is 0 Å². The maximum atomic E-state index is 12.7. The van der Waals surface area contributed by atoms with Gasteiger partial charge >= 0.3 is 5.97 Å². The van der Waals surface area contributed by atoms with Gasteiger partial charge in [-0.25, -0.2) is 4.79 Å². The molecule has 0 aliphatic rings. The number of hydrogen-bond donors (Lipinski definition) is 1. The Hall–Kier alpha value is -3.67. The molecule has 0 unspecified atom stereocenters. The molecule has 0 aliphatic heterocycles. The summed E-state index contributed by atoms with van der Waals surface area (Å²) in [4.78, 5) is 57.8. The van der Waals surface area contributed by atoms with Gasteiger partial charge in [0.25, 0.3) is 17.3 Å². The lowest BCUT2D eigenvalue weighted by atomic mass is 10.1. The number of Topliss-reactive ketones (excluding diaryl/α,β-unsaturated/α-hetero) is 1. The minimum atomic E-state index is -0.913. The highest BCUT2D eigenvalue weighted by Gasteiger charge is 2.27. The zero-order chi connectivity index (χ0) is 22.6. The number of amides is 1. The van der Waals surface area contributed by atoms with Gasteiger partial charge in [0.1, 0.15) is 5.00 Å². The molecule has 0 spiro atoms. The predicted octanol–water partition coefficient (Wildman–Crippen LogP) is 3.89. The number of ether oxygens (including phenoxy) is 1. The molecule has 1 N–H and O–H groups in total. The number of hydrogen-bond acceptors (Lipinski definition) is 9. The van der Waals surface area contributed by atoms with E-state index < -0.39 is 33.1 Å². The number of anilines is 1. The summed E-state index contributed by atoms with van der Waals surface area (Å²) in [5, 5.41) is 24.5. The van der Waals surface area contributed by atoms with Crippen molar-refractivity contribution in [3.63, 3.8) is 0 Å². The van der Waals surface area contributed by atoms with Crippen molar-refractivity contribution in [2.45, 2.75) is 27.2 Å². The third-order valence-corrected chi connectivity index (χ3v) is 5.26. The van der Waals surface area contributed by atoms with Gasteiger partial charge < -0.3 is 10.1 Å². The topological polar surface area (TPSA) is 159 Å². The highest BCUT2D eigenvalue weighted by Crippen LogP contribution is 2.35. The monoisotopic (exact) mass is 435 g/mol. The van der Waals surface area contributed by atoms with Crippen LogP contribution in [0.1, 0.15) is 56.2 Å². The van der Waals surface area contributed by atoms with E-state index in [1.54, 1.807) is 20.8 Å². The summed E-state index contributed by atoms with van der Waals surface area (Å²) in [7, 11) is 0. The Bertz CT molecular complexity index is 1030. The SMILES string of the molecule is CCOC(=O)c1c(NC(=O)c2cc([N+](=O)[O-])cc([N+](=O)[O-])c2)sc(C(=O)CC)c1C. The fraction of sp³-hybridized carbons (Fsp3) is 0.278. The van der Waals surface area contributed by atoms with E-state index in [1.807, 2.05) is 0 Å². The second-order valence-corrected chi connectivity index (χ2v) is 6.98. The average molecular weight is 435 g/mol. The van der Waals surface area contributed by atoms with E-state index in [2.05, 4.69) is 5.32 Å². The van der Waals surface area contributed by atoms with Crippen molar-refractivity contribution in [1.82, 2.24) is 0 Å². The van der Waals surface area contributed by atoms with Crippen molar-refractivity contribution in [2.24, 2.45) is 0 Å². The largest absolute Gasteiger partial charge is 0.462 e. The van der Waals surface area contributed by atoms with Gasteiger partial charge in [-0.3, -0.25) is 29.8 Å². The highest BCUT2D eigenvalue weighted by atomic mass is 32.1. The molecule has 1 heterocycles. The summed E-state index contributed by atoms with van der Waals surface area (Å²) in [6, 6.07) is 2.49. The van der Waals surface area contributed by atoms with E-state index in [0.29, 0.717) is 5.56 Å². The molecule has 0 saturated carbocycles. The predicted molar refractivity (Wildman–Crippen MR) is 107 cm³/mol. The summed E-state index contributed by atoms with van der Waals surface area (Å²) in [6.07, 6.45) is 0.175. The van der Waals surface area contributed by atoms with Crippen molar-refractivity contribution in [3.05, 3.63) is 60.0 Å². The van der Waals surface area contributed by atoms with Gasteiger partial charge in [0.2, 0.25) is 0 Å². The molecular weight excluding hydrogens is 418 g/mol. The average Bonchev–Trinajstić information content (AvgIpc) is 3.02. The quantitative estimate of drug-likeness (QED) is 0.283. The van der Waals surface area contributed by atoms with Crippen LogP contribution in [-0.2, 0) is 4.74 Å². The smallest absolute Gasteiger partial charge is 0.341 e. The van der Waals surface area contributed by atoms with E-state index in [9.17, 15) is 34.6 Å². The first-order valence-electron chi connectivity index (χ1n) is 8.69. The molecule has 1 aromatic carbocycles. The van der Waals surface area contributed by atoms with Crippen LogP contribution < -0.4 is 5.32 Å². The summed E-state index contributed by atoms with van der Waals surface area (Å²) in [6.45, 7) is 4.85. The Balaban J connectivity index is 2.52. The van der Waals surface area contributed by atoms with E-state index in [-0.39, 0.29) is 39.8 Å². The number of benzene rings is 1. The first kappa shape index (κ1) is 22.6. The third-order valence-electron chi connectivity index (χ3n) is 4.01. The molecule has 2 aromatic rings. The minimum Gasteiger partial charge on any atom is -0.462 e. The molecule has 30 heavy (non-hydrogen) atoms. The number of esters is 1. The number of thiophene rings is 1. The van der Waals surface area contributed by atoms with E-state index in [0.717, 1.165) is 29.5 Å². The van der Waals surface area contributed by atoms with E-state index in [4.69, 9.17) is 4.74 Å². The van der Waals surface area contributed by atoms with Gasteiger partial charge in [-0.15, -0.1) is 11.3 Å². The number of carbonyl (C=O) groups is 3. The number of rotatable bonds is 8. The molecule has 158 valence electrons. The van der Waals surface area contributed by atoms with Crippen LogP contribution in [0.25, 0.3) is 0 Å². The van der Waals surface area contributed by atoms with Crippen LogP contribution in [0.15, 0.2) is 18.2 Å². The van der Waals surface area contributed by atoms with Gasteiger partial charge in [0.15, 0.2) is 5.78 Å². The third kappa shape index (κ3) is 4.66. The number of nitrogens with one attached hydrogen (secondary N) is 1. The zero-order valence-electron chi connectivity index (χ0n) is 16.2. The number of non-ortho nitro benzene ring substituents is 2. The van der Waals surface area contributed by atoms with Gasteiger partial charge in [-0.05, 0) is 19.4 Å². The Morgan fingerprint density at radius 2 is 1.63 bits per heavy atom. The summed E-state index contributed by atoms with van der Waals surface area (Å²) in [5.74, 6) is -1.90. The van der Waals surface area contributed by atoms with Crippen LogP contribution in [0.2, 0.25) is 0 Å². The first-order chi connectivity index (χ1) is 14.1. The maximum absolute atomic E-state index is 12.7. The lowest BCUT2D eigenvalue weighted by Crippen LogP contribution is -2.15. The molecule has 1 amide bonds. The standard InChI is InChI=1S/C18H17N3O8S/c1-4-13(22)15-9(3)14(18(24)29-5-2)17(30-15)19-16(23)10-6-11(20(25)26)8-12(7-10)21(27)28/h6-8H,4-5H2,1-3H3,(H,19,23). The number of nitro groups is 2. The van der Waals surface area contributed by atoms with Crippen LogP contribution in [0.4, 0.5) is 16.4 Å². The number of nitrogens with zero attached hydrogens (tertiary/aromatic N) is 2. The van der Waals surface area contributed by atoms with Crippen molar-refractivity contribution in [3.8, 4) is 0 Å². The van der Waals surface area contributed by atoms with Crippen LogP contribution in [0.5, 0.6) is 0 Å². The van der Waals surface area contributed by atoms with E-state index in [1.165, 1.54) is 0 Å². The zero-order valence-corrected chi connectivity index (χ0v) is 17.0. The van der Waals surface area contributed by atoms with Crippen LogP contribution in [0.3, 0.4) is 0 Å². The second kappa shape index (κ2) is 9.22. The highest BCUT2D eigenvalue weighted by molar-refractivity contribution is 7.18. The molecule has 11 nitrogen and oxygen atoms in total. The fourth-order valence-electron chi connectivity index (χ4n) is 2.59. The number of carbonyl (C=O) groups excluding carboxylic acids is 3. The van der Waals surface area contributed by atoms with Gasteiger partial charge in [-0.1, -0.05) is 6.92 Å². The molecule has 0 bridgehead atoms. The lowest BCUT2D eigenvalue weighted by Gasteiger charge is -2.07. The molecule has 0 fully saturated rings. The summed E-state index contributed by atoms with van der Waals surface area (Å²) in [5.41, 5.74) is -1.29. The van der Waals surface area contributed by atoms with Gasteiger partial charge in [0, 0.05) is 18.6 Å². The Morgan fingerprint density at radius 3 is 2.10 bits per heavy atom.